The predicted octanol–water partition coefficient (Wildman–Crippen LogP) is 0.0264. The third-order valence-corrected chi connectivity index (χ3v) is 2.29. The van der Waals surface area contributed by atoms with Gasteiger partial charge in [-0.2, -0.15) is 0 Å². The molecule has 0 spiro atoms. The molecule has 0 aliphatic heterocycles. The van der Waals surface area contributed by atoms with Crippen LogP contribution in [0.4, 0.5) is 0 Å². The molecule has 0 radical (unpaired) electrons. The SMILES string of the molecule is CCN(CC)CC(=O)C(C=O)N(C)C. The molecule has 0 rings (SSSR count). The van der Waals surface area contributed by atoms with Crippen LogP contribution in [0.1, 0.15) is 13.8 Å². The lowest BCUT2D eigenvalue weighted by atomic mass is 10.2. The van der Waals surface area contributed by atoms with E-state index in [1.54, 1.807) is 19.0 Å². The monoisotopic (exact) mass is 200 g/mol. The average Bonchev–Trinajstić information content (AvgIpc) is 2.14. The van der Waals surface area contributed by atoms with Crippen molar-refractivity contribution in [2.24, 2.45) is 0 Å². The largest absolute Gasteiger partial charge is 0.301 e. The van der Waals surface area contributed by atoms with Crippen LogP contribution in [-0.4, -0.2) is 61.6 Å². The molecular weight excluding hydrogens is 180 g/mol. The van der Waals surface area contributed by atoms with E-state index < -0.39 is 6.04 Å². The number of likely N-dealkylation sites (N-methyl/N-ethyl adjacent to an activating group) is 2. The third kappa shape index (κ3) is 3.98. The Bertz CT molecular complexity index is 189. The Labute approximate surface area is 85.9 Å². The van der Waals surface area contributed by atoms with Crippen molar-refractivity contribution in [2.45, 2.75) is 19.9 Å². The fraction of sp³-hybridized carbons (Fsp3) is 0.800. The van der Waals surface area contributed by atoms with Crippen LogP contribution in [0.15, 0.2) is 0 Å². The molecule has 4 nitrogen and oxygen atoms in total. The summed E-state index contributed by atoms with van der Waals surface area (Å²) >= 11 is 0. The number of rotatable bonds is 7. The first-order valence-corrected chi connectivity index (χ1v) is 4.93. The first kappa shape index (κ1) is 13.3. The smallest absolute Gasteiger partial charge is 0.171 e. The zero-order valence-electron chi connectivity index (χ0n) is 9.49. The van der Waals surface area contributed by atoms with Crippen molar-refractivity contribution in [2.75, 3.05) is 33.7 Å². The minimum atomic E-state index is -0.601. The van der Waals surface area contributed by atoms with Crippen molar-refractivity contribution in [1.29, 1.82) is 0 Å². The van der Waals surface area contributed by atoms with Gasteiger partial charge in [0.05, 0.1) is 6.54 Å². The maximum Gasteiger partial charge on any atom is 0.171 e. The molecule has 1 unspecified atom stereocenters. The number of nitrogens with zero attached hydrogens (tertiary/aromatic N) is 2. The second-order valence-corrected chi connectivity index (χ2v) is 3.47. The molecular formula is C10H20N2O2. The lowest BCUT2D eigenvalue weighted by Crippen LogP contribution is -2.43. The standard InChI is InChI=1S/C10H20N2O2/c1-5-12(6-2)7-10(14)9(8-13)11(3)4/h8-9H,5-7H2,1-4H3. The van der Waals surface area contributed by atoms with Crippen LogP contribution in [0.2, 0.25) is 0 Å². The summed E-state index contributed by atoms with van der Waals surface area (Å²) in [6.07, 6.45) is 0.700. The van der Waals surface area contributed by atoms with Gasteiger partial charge in [-0.15, -0.1) is 0 Å². The Morgan fingerprint density at radius 3 is 2.07 bits per heavy atom. The Morgan fingerprint density at radius 2 is 1.79 bits per heavy atom. The molecule has 0 aromatic rings. The summed E-state index contributed by atoms with van der Waals surface area (Å²) in [5, 5.41) is 0. The first-order chi connectivity index (χ1) is 6.56. The number of carbonyl (C=O) groups is 2. The minimum absolute atomic E-state index is 0.0336. The molecule has 0 saturated heterocycles. The number of hydrogen-bond donors (Lipinski definition) is 0. The molecule has 0 bridgehead atoms. The van der Waals surface area contributed by atoms with E-state index in [0.717, 1.165) is 13.1 Å². The van der Waals surface area contributed by atoms with Gasteiger partial charge in [0.1, 0.15) is 12.3 Å². The summed E-state index contributed by atoms with van der Waals surface area (Å²) in [4.78, 5) is 25.9. The summed E-state index contributed by atoms with van der Waals surface area (Å²) in [5.41, 5.74) is 0. The van der Waals surface area contributed by atoms with Crippen molar-refractivity contribution < 1.29 is 9.59 Å². The minimum Gasteiger partial charge on any atom is -0.301 e. The summed E-state index contributed by atoms with van der Waals surface area (Å²) < 4.78 is 0. The molecule has 14 heavy (non-hydrogen) atoms. The number of hydrogen-bond acceptors (Lipinski definition) is 4. The summed E-state index contributed by atoms with van der Waals surface area (Å²) in [7, 11) is 3.47. The molecule has 1 atom stereocenters. The molecule has 0 N–H and O–H groups in total. The summed E-state index contributed by atoms with van der Waals surface area (Å²) in [6, 6.07) is -0.601. The maximum absolute atomic E-state index is 11.6. The highest BCUT2D eigenvalue weighted by Gasteiger charge is 2.20. The second kappa shape index (κ2) is 6.68. The van der Waals surface area contributed by atoms with E-state index in [1.165, 1.54) is 0 Å². The van der Waals surface area contributed by atoms with Gasteiger partial charge in [0.25, 0.3) is 0 Å². The lowest BCUT2D eigenvalue weighted by molar-refractivity contribution is -0.128. The average molecular weight is 200 g/mol. The van der Waals surface area contributed by atoms with Crippen molar-refractivity contribution >= 4 is 12.1 Å². The van der Waals surface area contributed by atoms with E-state index in [1.807, 2.05) is 18.7 Å². The Hall–Kier alpha value is -0.740. The Balaban J connectivity index is 4.23. The van der Waals surface area contributed by atoms with E-state index in [4.69, 9.17) is 0 Å². The molecule has 0 aliphatic rings. The van der Waals surface area contributed by atoms with Crippen LogP contribution in [0.5, 0.6) is 0 Å². The molecule has 82 valence electrons. The van der Waals surface area contributed by atoms with Crippen LogP contribution in [0.25, 0.3) is 0 Å². The van der Waals surface area contributed by atoms with Gasteiger partial charge in [0.15, 0.2) is 5.78 Å². The van der Waals surface area contributed by atoms with Crippen LogP contribution >= 0.6 is 0 Å². The van der Waals surface area contributed by atoms with Crippen LogP contribution in [-0.2, 0) is 9.59 Å². The van der Waals surface area contributed by atoms with Crippen molar-refractivity contribution in [1.82, 2.24) is 9.80 Å². The fourth-order valence-corrected chi connectivity index (χ4v) is 1.25. The van der Waals surface area contributed by atoms with Gasteiger partial charge in [-0.3, -0.25) is 14.6 Å². The first-order valence-electron chi connectivity index (χ1n) is 4.93. The summed E-state index contributed by atoms with van der Waals surface area (Å²) in [5.74, 6) is -0.0336. The van der Waals surface area contributed by atoms with E-state index in [2.05, 4.69) is 0 Å². The van der Waals surface area contributed by atoms with E-state index in [9.17, 15) is 9.59 Å². The van der Waals surface area contributed by atoms with Gasteiger partial charge < -0.3 is 4.79 Å². The van der Waals surface area contributed by atoms with Crippen molar-refractivity contribution in [3.05, 3.63) is 0 Å². The van der Waals surface area contributed by atoms with Crippen LogP contribution < -0.4 is 0 Å². The van der Waals surface area contributed by atoms with Gasteiger partial charge in [-0.25, -0.2) is 0 Å². The van der Waals surface area contributed by atoms with E-state index in [-0.39, 0.29) is 5.78 Å². The lowest BCUT2D eigenvalue weighted by Gasteiger charge is -2.22. The number of carbonyl (C=O) groups excluding carboxylic acids is 2. The second-order valence-electron chi connectivity index (χ2n) is 3.47. The highest BCUT2D eigenvalue weighted by atomic mass is 16.1. The quantitative estimate of drug-likeness (QED) is 0.429. The highest BCUT2D eigenvalue weighted by Crippen LogP contribution is 1.95. The predicted molar refractivity (Wildman–Crippen MR) is 56.3 cm³/mol. The molecule has 0 aromatic carbocycles. The number of aldehydes is 1. The Morgan fingerprint density at radius 1 is 1.29 bits per heavy atom. The normalized spacial score (nSPS) is 13.3. The van der Waals surface area contributed by atoms with E-state index >= 15 is 0 Å². The maximum atomic E-state index is 11.6. The molecule has 0 aromatic heterocycles. The zero-order valence-corrected chi connectivity index (χ0v) is 9.49. The third-order valence-electron chi connectivity index (χ3n) is 2.29. The molecule has 0 saturated carbocycles. The van der Waals surface area contributed by atoms with Gasteiger partial charge >= 0.3 is 0 Å². The number of ketones is 1. The zero-order chi connectivity index (χ0) is 11.1. The molecule has 0 fully saturated rings. The van der Waals surface area contributed by atoms with Crippen LogP contribution in [0, 0.1) is 0 Å². The highest BCUT2D eigenvalue weighted by molar-refractivity contribution is 5.98. The van der Waals surface area contributed by atoms with Gasteiger partial charge in [-0.1, -0.05) is 13.8 Å². The molecule has 4 heteroatoms. The van der Waals surface area contributed by atoms with Gasteiger partial charge in [0, 0.05) is 0 Å². The molecule has 0 amide bonds. The molecule has 0 heterocycles. The van der Waals surface area contributed by atoms with Crippen LogP contribution in [0.3, 0.4) is 0 Å². The molecule has 0 aliphatic carbocycles. The fourth-order valence-electron chi connectivity index (χ4n) is 1.25. The van der Waals surface area contributed by atoms with Crippen molar-refractivity contribution in [3.8, 4) is 0 Å². The van der Waals surface area contributed by atoms with Crippen molar-refractivity contribution in [3.63, 3.8) is 0 Å². The summed E-state index contributed by atoms with van der Waals surface area (Å²) in [6.45, 7) is 6.03. The van der Waals surface area contributed by atoms with Gasteiger partial charge in [0.2, 0.25) is 0 Å². The van der Waals surface area contributed by atoms with E-state index in [0.29, 0.717) is 12.8 Å². The number of Topliss-reactive ketones (excluding diaryl/α,β-unsaturated/α-hetero) is 1. The van der Waals surface area contributed by atoms with Gasteiger partial charge in [-0.05, 0) is 27.2 Å². The topological polar surface area (TPSA) is 40.6 Å². The Kier molecular flexibility index (Phi) is 6.32.